The van der Waals surface area contributed by atoms with Crippen LogP contribution in [-0.4, -0.2) is 6.29 Å². The van der Waals surface area contributed by atoms with Crippen LogP contribution < -0.4 is 0 Å². The maximum absolute atomic E-state index is 12.6. The minimum Gasteiger partial charge on any atom is -0.298 e. The topological polar surface area (TPSA) is 17.1 Å². The van der Waals surface area contributed by atoms with Crippen molar-refractivity contribution in [2.75, 3.05) is 0 Å². The second-order valence-electron chi connectivity index (χ2n) is 2.00. The SMILES string of the molecule is O=Cc1c(F)cc(Br)c(F)c1F. The van der Waals surface area contributed by atoms with Gasteiger partial charge in [-0.3, -0.25) is 4.79 Å². The summed E-state index contributed by atoms with van der Waals surface area (Å²) in [4.78, 5) is 10.0. The van der Waals surface area contributed by atoms with Crippen molar-refractivity contribution in [3.05, 3.63) is 33.6 Å². The highest BCUT2D eigenvalue weighted by atomic mass is 79.9. The van der Waals surface area contributed by atoms with Gasteiger partial charge in [0.15, 0.2) is 17.9 Å². The molecular weight excluding hydrogens is 237 g/mol. The first-order chi connectivity index (χ1) is 5.57. The Morgan fingerprint density at radius 1 is 1.25 bits per heavy atom. The van der Waals surface area contributed by atoms with Crippen molar-refractivity contribution in [1.82, 2.24) is 0 Å². The molecule has 0 radical (unpaired) electrons. The van der Waals surface area contributed by atoms with E-state index in [2.05, 4.69) is 15.9 Å². The molecule has 0 heterocycles. The molecule has 0 aliphatic heterocycles. The van der Waals surface area contributed by atoms with Gasteiger partial charge in [0.05, 0.1) is 10.0 Å². The van der Waals surface area contributed by atoms with Gasteiger partial charge in [0, 0.05) is 0 Å². The minimum atomic E-state index is -1.48. The van der Waals surface area contributed by atoms with E-state index in [1.54, 1.807) is 0 Å². The molecule has 0 aliphatic rings. The van der Waals surface area contributed by atoms with Crippen molar-refractivity contribution < 1.29 is 18.0 Å². The summed E-state index contributed by atoms with van der Waals surface area (Å²) in [6, 6.07) is 0.697. The van der Waals surface area contributed by atoms with Crippen LogP contribution in [0.3, 0.4) is 0 Å². The molecule has 0 aromatic heterocycles. The van der Waals surface area contributed by atoms with E-state index in [1.165, 1.54) is 0 Å². The first-order valence-corrected chi connectivity index (χ1v) is 3.65. The average molecular weight is 239 g/mol. The fraction of sp³-hybridized carbons (Fsp3) is 0. The predicted octanol–water partition coefficient (Wildman–Crippen LogP) is 2.68. The lowest BCUT2D eigenvalue weighted by molar-refractivity contribution is 0.111. The summed E-state index contributed by atoms with van der Waals surface area (Å²) in [5.41, 5.74) is -0.893. The summed E-state index contributed by atoms with van der Waals surface area (Å²) in [5.74, 6) is -3.83. The Morgan fingerprint density at radius 3 is 2.33 bits per heavy atom. The summed E-state index contributed by atoms with van der Waals surface area (Å²) in [7, 11) is 0. The van der Waals surface area contributed by atoms with E-state index < -0.39 is 23.0 Å². The molecule has 1 nitrogen and oxygen atoms in total. The third-order valence-electron chi connectivity index (χ3n) is 1.27. The molecule has 0 fully saturated rings. The highest BCUT2D eigenvalue weighted by Crippen LogP contribution is 2.22. The summed E-state index contributed by atoms with van der Waals surface area (Å²) >= 11 is 2.59. The summed E-state index contributed by atoms with van der Waals surface area (Å²) in [6.45, 7) is 0. The third kappa shape index (κ3) is 1.36. The zero-order valence-electron chi connectivity index (χ0n) is 5.57. The second kappa shape index (κ2) is 3.26. The highest BCUT2D eigenvalue weighted by Gasteiger charge is 2.16. The first kappa shape index (κ1) is 9.25. The lowest BCUT2D eigenvalue weighted by Crippen LogP contribution is -1.98. The quantitative estimate of drug-likeness (QED) is 0.418. The Labute approximate surface area is 74.3 Å². The molecule has 0 saturated carbocycles. The van der Waals surface area contributed by atoms with Crippen molar-refractivity contribution >= 4 is 22.2 Å². The number of carbonyl (C=O) groups is 1. The maximum Gasteiger partial charge on any atom is 0.173 e. The van der Waals surface area contributed by atoms with Gasteiger partial charge in [-0.25, -0.2) is 13.2 Å². The molecule has 0 atom stereocenters. The summed E-state index contributed by atoms with van der Waals surface area (Å²) in [6.07, 6.45) is -0.0693. The predicted molar refractivity (Wildman–Crippen MR) is 39.4 cm³/mol. The Bertz CT molecular complexity index is 338. The van der Waals surface area contributed by atoms with Gasteiger partial charge in [0.2, 0.25) is 0 Å². The zero-order valence-corrected chi connectivity index (χ0v) is 7.16. The molecule has 5 heteroatoms. The van der Waals surface area contributed by atoms with Gasteiger partial charge in [-0.1, -0.05) is 0 Å². The van der Waals surface area contributed by atoms with Crippen LogP contribution in [0.5, 0.6) is 0 Å². The molecule has 0 N–H and O–H groups in total. The van der Waals surface area contributed by atoms with E-state index in [9.17, 15) is 18.0 Å². The smallest absolute Gasteiger partial charge is 0.173 e. The van der Waals surface area contributed by atoms with Crippen LogP contribution >= 0.6 is 15.9 Å². The molecular formula is C7H2BrF3O. The monoisotopic (exact) mass is 238 g/mol. The Hall–Kier alpha value is -0.840. The van der Waals surface area contributed by atoms with Gasteiger partial charge in [-0.2, -0.15) is 0 Å². The largest absolute Gasteiger partial charge is 0.298 e. The van der Waals surface area contributed by atoms with Gasteiger partial charge in [0.25, 0.3) is 0 Å². The molecule has 0 saturated heterocycles. The van der Waals surface area contributed by atoms with Gasteiger partial charge in [-0.15, -0.1) is 0 Å². The van der Waals surface area contributed by atoms with E-state index in [-0.39, 0.29) is 10.8 Å². The molecule has 0 unspecified atom stereocenters. The Morgan fingerprint density at radius 2 is 1.83 bits per heavy atom. The van der Waals surface area contributed by atoms with Crippen LogP contribution in [0.15, 0.2) is 10.5 Å². The fourth-order valence-corrected chi connectivity index (χ4v) is 1.06. The van der Waals surface area contributed by atoms with E-state index in [0.717, 1.165) is 0 Å². The van der Waals surface area contributed by atoms with Crippen molar-refractivity contribution in [3.63, 3.8) is 0 Å². The summed E-state index contributed by atoms with van der Waals surface area (Å²) < 4.78 is 37.5. The average Bonchev–Trinajstić information content (AvgIpc) is 2.01. The molecule has 1 aromatic carbocycles. The van der Waals surface area contributed by atoms with E-state index in [1.807, 2.05) is 0 Å². The fourth-order valence-electron chi connectivity index (χ4n) is 0.688. The Kier molecular flexibility index (Phi) is 2.52. The van der Waals surface area contributed by atoms with Crippen LogP contribution in [-0.2, 0) is 0 Å². The van der Waals surface area contributed by atoms with Crippen LogP contribution in [0.4, 0.5) is 13.2 Å². The molecule has 0 spiro atoms. The number of carbonyl (C=O) groups excluding carboxylic acids is 1. The van der Waals surface area contributed by atoms with Crippen molar-refractivity contribution in [2.24, 2.45) is 0 Å². The normalized spacial score (nSPS) is 10.0. The van der Waals surface area contributed by atoms with Crippen LogP contribution in [0.2, 0.25) is 0 Å². The number of aldehydes is 1. The van der Waals surface area contributed by atoms with E-state index >= 15 is 0 Å². The zero-order chi connectivity index (χ0) is 9.30. The molecule has 1 rings (SSSR count). The lowest BCUT2D eigenvalue weighted by Gasteiger charge is -1.99. The Balaban J connectivity index is 3.51. The highest BCUT2D eigenvalue weighted by molar-refractivity contribution is 9.10. The van der Waals surface area contributed by atoms with E-state index in [0.29, 0.717) is 6.07 Å². The van der Waals surface area contributed by atoms with Gasteiger partial charge in [-0.05, 0) is 22.0 Å². The molecule has 1 aromatic rings. The molecule has 12 heavy (non-hydrogen) atoms. The van der Waals surface area contributed by atoms with Crippen LogP contribution in [0.1, 0.15) is 10.4 Å². The molecule has 0 amide bonds. The van der Waals surface area contributed by atoms with Crippen molar-refractivity contribution in [1.29, 1.82) is 0 Å². The standard InChI is InChI=1S/C7H2BrF3O/c8-4-1-5(9)3(2-12)6(10)7(4)11/h1-2H. The molecule has 0 bridgehead atoms. The molecule has 64 valence electrons. The molecule has 0 aliphatic carbocycles. The van der Waals surface area contributed by atoms with Crippen molar-refractivity contribution in [2.45, 2.75) is 0 Å². The van der Waals surface area contributed by atoms with Crippen LogP contribution in [0.25, 0.3) is 0 Å². The number of hydrogen-bond acceptors (Lipinski definition) is 1. The first-order valence-electron chi connectivity index (χ1n) is 2.86. The number of halogens is 4. The number of benzene rings is 1. The summed E-state index contributed by atoms with van der Waals surface area (Å²) in [5, 5.41) is 0. The lowest BCUT2D eigenvalue weighted by atomic mass is 10.2. The van der Waals surface area contributed by atoms with Crippen LogP contribution in [0, 0.1) is 17.5 Å². The van der Waals surface area contributed by atoms with E-state index in [4.69, 9.17) is 0 Å². The maximum atomic E-state index is 12.6. The number of hydrogen-bond donors (Lipinski definition) is 0. The third-order valence-corrected chi connectivity index (χ3v) is 1.84. The minimum absolute atomic E-state index is 0.0693. The van der Waals surface area contributed by atoms with Crippen molar-refractivity contribution in [3.8, 4) is 0 Å². The number of rotatable bonds is 1. The second-order valence-corrected chi connectivity index (χ2v) is 2.85. The van der Waals surface area contributed by atoms with Gasteiger partial charge in [0.1, 0.15) is 5.82 Å². The van der Waals surface area contributed by atoms with Gasteiger partial charge < -0.3 is 0 Å². The van der Waals surface area contributed by atoms with Gasteiger partial charge >= 0.3 is 0 Å².